The molecule has 0 aromatic heterocycles. The average molecular weight is 351 g/mol. The van der Waals surface area contributed by atoms with E-state index in [-0.39, 0.29) is 17.7 Å². The van der Waals surface area contributed by atoms with Crippen molar-refractivity contribution in [1.29, 1.82) is 0 Å². The molecule has 0 bridgehead atoms. The van der Waals surface area contributed by atoms with Crippen LogP contribution in [0.15, 0.2) is 48.5 Å². The van der Waals surface area contributed by atoms with Gasteiger partial charge >= 0.3 is 0 Å². The Morgan fingerprint density at radius 2 is 1.77 bits per heavy atom. The highest BCUT2D eigenvalue weighted by Crippen LogP contribution is 2.20. The summed E-state index contributed by atoms with van der Waals surface area (Å²) >= 11 is 0. The molecule has 2 aromatic carbocycles. The maximum atomic E-state index is 12.4. The van der Waals surface area contributed by atoms with Crippen LogP contribution in [0.2, 0.25) is 0 Å². The van der Waals surface area contributed by atoms with Crippen LogP contribution in [0.25, 0.3) is 0 Å². The van der Waals surface area contributed by atoms with Gasteiger partial charge in [0.25, 0.3) is 0 Å². The monoisotopic (exact) mass is 351 g/mol. The average Bonchev–Trinajstić information content (AvgIpc) is 2.99. The smallest absolute Gasteiger partial charge is 0.225 e. The first-order chi connectivity index (χ1) is 12.5. The lowest BCUT2D eigenvalue weighted by Crippen LogP contribution is -2.34. The molecule has 3 rings (SSSR count). The normalized spacial score (nSPS) is 16.7. The largest absolute Gasteiger partial charge is 0.399 e. The van der Waals surface area contributed by atoms with Gasteiger partial charge in [-0.3, -0.25) is 9.59 Å². The molecule has 0 saturated carbocycles. The van der Waals surface area contributed by atoms with E-state index in [1.807, 2.05) is 55.5 Å². The third kappa shape index (κ3) is 4.63. The number of aryl methyl sites for hydroxylation is 1. The molecular weight excluding hydrogens is 326 g/mol. The van der Waals surface area contributed by atoms with Gasteiger partial charge in [-0.15, -0.1) is 0 Å². The summed E-state index contributed by atoms with van der Waals surface area (Å²) in [5.41, 5.74) is 9.81. The molecule has 2 amide bonds. The molecule has 1 unspecified atom stereocenters. The minimum atomic E-state index is -0.264. The fraction of sp³-hybridized carbons (Fsp3) is 0.333. The Bertz CT molecular complexity index is 769. The first-order valence-corrected chi connectivity index (χ1v) is 8.97. The van der Waals surface area contributed by atoms with E-state index in [1.54, 1.807) is 4.90 Å². The maximum Gasteiger partial charge on any atom is 0.225 e. The van der Waals surface area contributed by atoms with Gasteiger partial charge in [-0.1, -0.05) is 42.0 Å². The van der Waals surface area contributed by atoms with Gasteiger partial charge in [-0.25, -0.2) is 0 Å². The Morgan fingerprint density at radius 3 is 2.46 bits per heavy atom. The van der Waals surface area contributed by atoms with Crippen LogP contribution in [0.1, 0.15) is 23.1 Å². The number of nitrogens with two attached hydrogens (primary N) is 1. The lowest BCUT2D eigenvalue weighted by atomic mass is 10.1. The van der Waals surface area contributed by atoms with Crippen molar-refractivity contribution < 1.29 is 9.59 Å². The number of anilines is 1. The summed E-state index contributed by atoms with van der Waals surface area (Å²) in [4.78, 5) is 26.4. The van der Waals surface area contributed by atoms with Gasteiger partial charge in [-0.2, -0.15) is 0 Å². The summed E-state index contributed by atoms with van der Waals surface area (Å²) in [7, 11) is 0. The summed E-state index contributed by atoms with van der Waals surface area (Å²) in [5.74, 6) is -0.260. The fourth-order valence-corrected chi connectivity index (χ4v) is 3.17. The van der Waals surface area contributed by atoms with Gasteiger partial charge < -0.3 is 16.0 Å². The molecule has 1 aliphatic rings. The van der Waals surface area contributed by atoms with E-state index in [0.717, 1.165) is 23.2 Å². The Kier molecular flexibility index (Phi) is 5.56. The molecule has 2 aromatic rings. The predicted molar refractivity (Wildman–Crippen MR) is 102 cm³/mol. The number of amides is 2. The molecule has 1 fully saturated rings. The van der Waals surface area contributed by atoms with Gasteiger partial charge in [0.2, 0.25) is 11.8 Å². The van der Waals surface area contributed by atoms with Crippen molar-refractivity contribution in [1.82, 2.24) is 10.2 Å². The second-order valence-corrected chi connectivity index (χ2v) is 6.94. The standard InChI is InChI=1S/C21H25N3O2/c1-15-2-4-17(5-3-15)13-24-14-18(12-20(24)25)21(26)23-11-10-16-6-8-19(22)9-7-16/h2-9,18H,10-14,22H2,1H3,(H,23,26). The fourth-order valence-electron chi connectivity index (χ4n) is 3.17. The van der Waals surface area contributed by atoms with Crippen molar-refractivity contribution in [2.45, 2.75) is 26.3 Å². The predicted octanol–water partition coefficient (Wildman–Crippen LogP) is 2.28. The molecule has 1 heterocycles. The molecule has 0 spiro atoms. The topological polar surface area (TPSA) is 75.4 Å². The number of nitrogens with one attached hydrogen (secondary N) is 1. The highest BCUT2D eigenvalue weighted by atomic mass is 16.2. The van der Waals surface area contributed by atoms with Gasteiger partial charge in [-0.05, 0) is 36.6 Å². The molecule has 1 atom stereocenters. The summed E-state index contributed by atoms with van der Waals surface area (Å²) in [5, 5.41) is 2.95. The molecule has 5 nitrogen and oxygen atoms in total. The number of nitrogens with zero attached hydrogens (tertiary/aromatic N) is 1. The van der Waals surface area contributed by atoms with E-state index in [1.165, 1.54) is 5.56 Å². The third-order valence-electron chi connectivity index (χ3n) is 4.77. The quantitative estimate of drug-likeness (QED) is 0.784. The van der Waals surface area contributed by atoms with Crippen molar-refractivity contribution in [3.05, 3.63) is 65.2 Å². The van der Waals surface area contributed by atoms with Crippen LogP contribution in [0.3, 0.4) is 0 Å². The van der Waals surface area contributed by atoms with Gasteiger partial charge in [0.05, 0.1) is 5.92 Å². The summed E-state index contributed by atoms with van der Waals surface area (Å²) < 4.78 is 0. The number of carbonyl (C=O) groups excluding carboxylic acids is 2. The lowest BCUT2D eigenvalue weighted by Gasteiger charge is -2.17. The van der Waals surface area contributed by atoms with Crippen molar-refractivity contribution in [2.24, 2.45) is 5.92 Å². The van der Waals surface area contributed by atoms with Crippen molar-refractivity contribution >= 4 is 17.5 Å². The molecule has 0 radical (unpaired) electrons. The summed E-state index contributed by atoms with van der Waals surface area (Å²) in [6.07, 6.45) is 1.04. The number of rotatable bonds is 6. The number of hydrogen-bond donors (Lipinski definition) is 2. The van der Waals surface area contributed by atoms with Crippen LogP contribution < -0.4 is 11.1 Å². The molecule has 1 aliphatic heterocycles. The molecule has 3 N–H and O–H groups in total. The van der Waals surface area contributed by atoms with Gasteiger partial charge in [0.1, 0.15) is 0 Å². The van der Waals surface area contributed by atoms with E-state index in [2.05, 4.69) is 5.32 Å². The first-order valence-electron chi connectivity index (χ1n) is 8.97. The molecule has 136 valence electrons. The highest BCUT2D eigenvalue weighted by molar-refractivity contribution is 5.89. The number of nitrogen functional groups attached to an aromatic ring is 1. The van der Waals surface area contributed by atoms with E-state index >= 15 is 0 Å². The Balaban J connectivity index is 1.47. The van der Waals surface area contributed by atoms with Crippen LogP contribution in [-0.4, -0.2) is 29.8 Å². The maximum absolute atomic E-state index is 12.4. The van der Waals surface area contributed by atoms with Gasteiger partial charge in [0.15, 0.2) is 0 Å². The zero-order valence-electron chi connectivity index (χ0n) is 15.1. The van der Waals surface area contributed by atoms with Gasteiger partial charge in [0, 0.05) is 31.7 Å². The molecule has 0 aliphatic carbocycles. The molecule has 5 heteroatoms. The Hall–Kier alpha value is -2.82. The number of benzene rings is 2. The van der Waals surface area contributed by atoms with E-state index < -0.39 is 0 Å². The van der Waals surface area contributed by atoms with Crippen LogP contribution in [0, 0.1) is 12.8 Å². The second-order valence-electron chi connectivity index (χ2n) is 6.94. The zero-order chi connectivity index (χ0) is 18.5. The molecular formula is C21H25N3O2. The zero-order valence-corrected chi connectivity index (χ0v) is 15.1. The van der Waals surface area contributed by atoms with E-state index in [4.69, 9.17) is 5.73 Å². The van der Waals surface area contributed by atoms with Crippen molar-refractivity contribution in [3.8, 4) is 0 Å². The number of carbonyl (C=O) groups is 2. The Labute approximate surface area is 154 Å². The Morgan fingerprint density at radius 1 is 1.12 bits per heavy atom. The number of likely N-dealkylation sites (tertiary alicyclic amines) is 1. The third-order valence-corrected chi connectivity index (χ3v) is 4.77. The highest BCUT2D eigenvalue weighted by Gasteiger charge is 2.33. The summed E-state index contributed by atoms with van der Waals surface area (Å²) in [6, 6.07) is 15.8. The lowest BCUT2D eigenvalue weighted by molar-refractivity contribution is -0.129. The first kappa shape index (κ1) is 18.0. The minimum Gasteiger partial charge on any atom is -0.399 e. The number of hydrogen-bond acceptors (Lipinski definition) is 3. The van der Waals surface area contributed by atoms with Crippen LogP contribution in [0.4, 0.5) is 5.69 Å². The minimum absolute atomic E-state index is 0.0415. The summed E-state index contributed by atoms with van der Waals surface area (Å²) in [6.45, 7) is 3.65. The van der Waals surface area contributed by atoms with E-state index in [0.29, 0.717) is 26.1 Å². The van der Waals surface area contributed by atoms with Crippen molar-refractivity contribution in [2.75, 3.05) is 18.8 Å². The second kappa shape index (κ2) is 8.04. The van der Waals surface area contributed by atoms with Crippen LogP contribution in [-0.2, 0) is 22.6 Å². The SMILES string of the molecule is Cc1ccc(CN2CC(C(=O)NCCc3ccc(N)cc3)CC2=O)cc1. The van der Waals surface area contributed by atoms with E-state index in [9.17, 15) is 9.59 Å². The molecule has 26 heavy (non-hydrogen) atoms. The van der Waals surface area contributed by atoms with Crippen LogP contribution in [0.5, 0.6) is 0 Å². The van der Waals surface area contributed by atoms with Crippen molar-refractivity contribution in [3.63, 3.8) is 0 Å². The van der Waals surface area contributed by atoms with Crippen LogP contribution >= 0.6 is 0 Å². The molecule has 1 saturated heterocycles.